The van der Waals surface area contributed by atoms with E-state index in [4.69, 9.17) is 11.6 Å². The molecule has 0 heterocycles. The minimum Gasteiger partial charge on any atom is -0.326 e. The molecule has 0 spiro atoms. The third-order valence-corrected chi connectivity index (χ3v) is 4.18. The Morgan fingerprint density at radius 2 is 1.89 bits per heavy atom. The number of hydrogen-bond donors (Lipinski definition) is 1. The Kier molecular flexibility index (Phi) is 4.53. The minimum absolute atomic E-state index is 0.184. The lowest BCUT2D eigenvalue weighted by Gasteiger charge is -2.15. The van der Waals surface area contributed by atoms with Gasteiger partial charge in [-0.15, -0.1) is 16.1 Å². The number of benzene rings is 1. The molecule has 1 amide bonds. The molecule has 0 fully saturated rings. The zero-order chi connectivity index (χ0) is 13.9. The van der Waals surface area contributed by atoms with E-state index in [1.807, 2.05) is 0 Å². The molecule has 0 aliphatic carbocycles. The van der Waals surface area contributed by atoms with E-state index in [2.05, 4.69) is 5.32 Å². The molecule has 0 radical (unpaired) electrons. The van der Waals surface area contributed by atoms with Gasteiger partial charge in [0.15, 0.2) is 4.71 Å². The smallest absolute Gasteiger partial charge is 0.278 e. The first-order valence-electron chi connectivity index (χ1n) is 4.97. The lowest BCUT2D eigenvalue weighted by molar-refractivity contribution is -0.114. The quantitative estimate of drug-likeness (QED) is 0.684. The first-order valence-corrected chi connectivity index (χ1v) is 6.90. The molecule has 100 valence electrons. The van der Waals surface area contributed by atoms with E-state index in [0.29, 0.717) is 5.69 Å². The van der Waals surface area contributed by atoms with Crippen molar-refractivity contribution in [1.82, 2.24) is 0 Å². The van der Waals surface area contributed by atoms with Crippen molar-refractivity contribution < 1.29 is 17.7 Å². The van der Waals surface area contributed by atoms with Crippen LogP contribution in [0, 0.1) is 0 Å². The topological polar surface area (TPSA) is 66.5 Å². The molecule has 1 atom stereocenters. The number of rotatable bonds is 4. The highest BCUT2D eigenvalue weighted by Gasteiger charge is 2.28. The second kappa shape index (κ2) is 5.53. The molecule has 1 aromatic rings. The molecule has 0 bridgehead atoms. The fraction of sp³-hybridized carbons (Fsp3) is 0.300. The highest BCUT2D eigenvalue weighted by Crippen LogP contribution is 2.24. The molecule has 5 nitrogen and oxygen atoms in total. The first kappa shape index (κ1) is 14.7. The SMILES string of the molecule is CC(=O)Nc1ccc(N(F)S(=O)(=O)C(C)Cl)cc1. The highest BCUT2D eigenvalue weighted by molar-refractivity contribution is 7.94. The summed E-state index contributed by atoms with van der Waals surface area (Å²) in [7, 11) is -4.22. The number of carbonyl (C=O) groups excluding carboxylic acids is 1. The number of amides is 1. The Labute approximate surface area is 110 Å². The average Bonchev–Trinajstić information content (AvgIpc) is 2.28. The third-order valence-electron chi connectivity index (χ3n) is 2.02. The van der Waals surface area contributed by atoms with Crippen molar-refractivity contribution in [3.05, 3.63) is 24.3 Å². The van der Waals surface area contributed by atoms with Crippen LogP contribution < -0.4 is 9.84 Å². The Morgan fingerprint density at radius 3 is 2.28 bits per heavy atom. The summed E-state index contributed by atoms with van der Waals surface area (Å²) in [5.41, 5.74) is 0.257. The molecule has 1 aromatic carbocycles. The Balaban J connectivity index is 2.95. The van der Waals surface area contributed by atoms with Crippen LogP contribution in [0.3, 0.4) is 0 Å². The van der Waals surface area contributed by atoms with Crippen LogP contribution in [0.4, 0.5) is 15.9 Å². The molecule has 1 unspecified atom stereocenters. The van der Waals surface area contributed by atoms with Crippen LogP contribution in [0.15, 0.2) is 24.3 Å². The molecule has 8 heteroatoms. The van der Waals surface area contributed by atoms with Crippen LogP contribution in [0.1, 0.15) is 13.8 Å². The fourth-order valence-electron chi connectivity index (χ4n) is 1.14. The summed E-state index contributed by atoms with van der Waals surface area (Å²) < 4.78 is 34.8. The van der Waals surface area contributed by atoms with Crippen LogP contribution >= 0.6 is 11.6 Å². The number of alkyl halides is 1. The van der Waals surface area contributed by atoms with Gasteiger partial charge in [0, 0.05) is 12.6 Å². The summed E-state index contributed by atoms with van der Waals surface area (Å²) in [6.07, 6.45) is 0. The molecule has 1 N–H and O–H groups in total. The summed E-state index contributed by atoms with van der Waals surface area (Å²) in [5.74, 6) is -0.276. The summed E-state index contributed by atoms with van der Waals surface area (Å²) in [5, 5.41) is 2.48. The van der Waals surface area contributed by atoms with Crippen molar-refractivity contribution in [2.75, 3.05) is 9.84 Å². The van der Waals surface area contributed by atoms with Gasteiger partial charge in [-0.1, -0.05) is 4.48 Å². The number of hydrogen-bond acceptors (Lipinski definition) is 3. The zero-order valence-electron chi connectivity index (χ0n) is 9.72. The number of nitrogens with zero attached hydrogens (tertiary/aromatic N) is 1. The molecule has 0 saturated carbocycles. The summed E-state index contributed by atoms with van der Waals surface area (Å²) >= 11 is 5.39. The first-order chi connectivity index (χ1) is 8.25. The normalized spacial score (nSPS) is 12.9. The van der Waals surface area contributed by atoms with Gasteiger partial charge in [-0.05, 0) is 31.2 Å². The van der Waals surface area contributed by atoms with Crippen LogP contribution in [-0.2, 0) is 14.8 Å². The maximum Gasteiger partial charge on any atom is 0.278 e. The van der Waals surface area contributed by atoms with Gasteiger partial charge < -0.3 is 5.32 Å². The van der Waals surface area contributed by atoms with Crippen LogP contribution in [0.5, 0.6) is 0 Å². The predicted octanol–water partition coefficient (Wildman–Crippen LogP) is 2.25. The van der Waals surface area contributed by atoms with Crippen LogP contribution in [0.2, 0.25) is 0 Å². The van der Waals surface area contributed by atoms with Gasteiger partial charge in [0.25, 0.3) is 10.0 Å². The molecule has 0 aromatic heterocycles. The van der Waals surface area contributed by atoms with Gasteiger partial charge >= 0.3 is 0 Å². The van der Waals surface area contributed by atoms with Crippen molar-refractivity contribution in [2.24, 2.45) is 0 Å². The van der Waals surface area contributed by atoms with Gasteiger partial charge in [0.1, 0.15) is 0 Å². The molecular weight excluding hydrogens is 283 g/mol. The number of anilines is 2. The molecule has 18 heavy (non-hydrogen) atoms. The number of sulfonamides is 1. The van der Waals surface area contributed by atoms with E-state index in [0.717, 1.165) is 6.92 Å². The largest absolute Gasteiger partial charge is 0.326 e. The molecule has 1 rings (SSSR count). The van der Waals surface area contributed by atoms with Gasteiger partial charge in [-0.2, -0.15) is 0 Å². The maximum absolute atomic E-state index is 13.6. The molecule has 0 saturated heterocycles. The van der Waals surface area contributed by atoms with Crippen molar-refractivity contribution in [3.63, 3.8) is 0 Å². The zero-order valence-corrected chi connectivity index (χ0v) is 11.3. The molecular formula is C10H12ClFN2O3S. The lowest BCUT2D eigenvalue weighted by Crippen LogP contribution is -2.28. The summed E-state index contributed by atoms with van der Waals surface area (Å²) in [6.45, 7) is 2.49. The molecule has 0 aliphatic heterocycles. The average molecular weight is 295 g/mol. The maximum atomic E-state index is 13.6. The fourth-order valence-corrected chi connectivity index (χ4v) is 2.02. The van der Waals surface area contributed by atoms with E-state index in [1.54, 1.807) is 0 Å². The Morgan fingerprint density at radius 1 is 1.39 bits per heavy atom. The van der Waals surface area contributed by atoms with E-state index in [9.17, 15) is 17.7 Å². The monoisotopic (exact) mass is 294 g/mol. The second-order valence-electron chi connectivity index (χ2n) is 3.53. The lowest BCUT2D eigenvalue weighted by atomic mass is 10.3. The van der Waals surface area contributed by atoms with Crippen molar-refractivity contribution >= 4 is 38.9 Å². The highest BCUT2D eigenvalue weighted by atomic mass is 35.5. The second-order valence-corrected chi connectivity index (χ2v) is 6.50. The van der Waals surface area contributed by atoms with Crippen molar-refractivity contribution in [2.45, 2.75) is 18.6 Å². The molecule has 0 aliphatic rings. The van der Waals surface area contributed by atoms with Gasteiger partial charge in [-0.25, -0.2) is 8.42 Å². The number of carbonyl (C=O) groups is 1. The van der Waals surface area contributed by atoms with Gasteiger partial charge in [0.05, 0.1) is 5.69 Å². The van der Waals surface area contributed by atoms with Gasteiger partial charge in [0.2, 0.25) is 5.91 Å². The number of nitrogens with one attached hydrogen (secondary N) is 1. The summed E-state index contributed by atoms with van der Waals surface area (Å²) in [4.78, 5) is 10.8. The van der Waals surface area contributed by atoms with E-state index in [1.165, 1.54) is 31.2 Å². The Bertz CT molecular complexity index is 531. The van der Waals surface area contributed by atoms with E-state index >= 15 is 0 Å². The van der Waals surface area contributed by atoms with Crippen molar-refractivity contribution in [1.29, 1.82) is 0 Å². The van der Waals surface area contributed by atoms with E-state index in [-0.39, 0.29) is 16.1 Å². The number of halogens is 2. The van der Waals surface area contributed by atoms with Gasteiger partial charge in [-0.3, -0.25) is 4.79 Å². The minimum atomic E-state index is -4.22. The third kappa shape index (κ3) is 3.33. The van der Waals surface area contributed by atoms with Crippen LogP contribution in [-0.4, -0.2) is 19.0 Å². The van der Waals surface area contributed by atoms with E-state index < -0.39 is 14.7 Å². The van der Waals surface area contributed by atoms with Crippen molar-refractivity contribution in [3.8, 4) is 0 Å². The summed E-state index contributed by atoms with van der Waals surface area (Å²) in [6, 6.07) is 5.22. The predicted molar refractivity (Wildman–Crippen MR) is 68.6 cm³/mol. The standard InChI is InChI=1S/C10H12ClFN2O3S/c1-7(11)18(16,17)14(12)10-5-3-9(4-6-10)13-8(2)15/h3-7H,1-2H3,(H,13,15). The van der Waals surface area contributed by atoms with Crippen LogP contribution in [0.25, 0.3) is 0 Å². The Hall–Kier alpha value is -1.34.